The molecule has 0 aliphatic rings. The predicted octanol–water partition coefficient (Wildman–Crippen LogP) is 5.75. The zero-order valence-corrected chi connectivity index (χ0v) is 22.4. The molecule has 11 heteroatoms. The Kier molecular flexibility index (Phi) is 9.53. The van der Waals surface area contributed by atoms with Crippen LogP contribution < -0.4 is 14.8 Å². The van der Waals surface area contributed by atoms with Crippen molar-refractivity contribution in [3.05, 3.63) is 84.3 Å². The van der Waals surface area contributed by atoms with E-state index < -0.39 is 11.6 Å². The van der Waals surface area contributed by atoms with Crippen LogP contribution in [0.5, 0.6) is 11.5 Å². The number of aliphatic hydroxyl groups is 1. The number of anilines is 2. The number of benzene rings is 2. The van der Waals surface area contributed by atoms with Crippen LogP contribution in [-0.4, -0.2) is 49.7 Å². The lowest BCUT2D eigenvalue weighted by atomic mass is 10.1. The molecule has 9 nitrogen and oxygen atoms in total. The van der Waals surface area contributed by atoms with Gasteiger partial charge in [-0.2, -0.15) is 5.10 Å². The van der Waals surface area contributed by atoms with Crippen molar-refractivity contribution in [2.24, 2.45) is 0 Å². The molecule has 2 N–H and O–H groups in total. The minimum Gasteiger partial charge on any atom is -0.494 e. The summed E-state index contributed by atoms with van der Waals surface area (Å²) in [6.45, 7) is 5.78. The van der Waals surface area contributed by atoms with Gasteiger partial charge in [-0.3, -0.25) is 9.67 Å². The van der Waals surface area contributed by atoms with Crippen LogP contribution in [0.25, 0.3) is 22.4 Å². The SMILES string of the molecule is CC.CCOc1cc(F)c(Cn2nc(-c3ncc(OCCO)c(Nc4ccncc4)n3)c3ccccc32)c(F)c1. The maximum atomic E-state index is 14.8. The minimum absolute atomic E-state index is 0.0600. The molecule has 2 aromatic carbocycles. The Morgan fingerprint density at radius 3 is 2.42 bits per heavy atom. The van der Waals surface area contributed by atoms with Crippen molar-refractivity contribution in [2.75, 3.05) is 25.1 Å². The van der Waals surface area contributed by atoms with Gasteiger partial charge in [-0.05, 0) is 25.1 Å². The summed E-state index contributed by atoms with van der Waals surface area (Å²) in [5.74, 6) is -0.345. The van der Waals surface area contributed by atoms with Gasteiger partial charge in [-0.15, -0.1) is 0 Å². The lowest BCUT2D eigenvalue weighted by molar-refractivity contribution is 0.201. The average Bonchev–Trinajstić information content (AvgIpc) is 3.34. The van der Waals surface area contributed by atoms with E-state index in [1.165, 1.54) is 23.0 Å². The molecule has 0 saturated carbocycles. The molecule has 0 amide bonds. The number of halogens is 2. The van der Waals surface area contributed by atoms with Gasteiger partial charge < -0.3 is 19.9 Å². The highest BCUT2D eigenvalue weighted by atomic mass is 19.1. The van der Waals surface area contributed by atoms with Gasteiger partial charge in [0.15, 0.2) is 17.4 Å². The third-order valence-electron chi connectivity index (χ3n) is 5.65. The smallest absolute Gasteiger partial charge is 0.183 e. The summed E-state index contributed by atoms with van der Waals surface area (Å²) >= 11 is 0. The molecular weight excluding hydrogens is 518 g/mol. The van der Waals surface area contributed by atoms with Gasteiger partial charge >= 0.3 is 0 Å². The number of pyridine rings is 1. The van der Waals surface area contributed by atoms with E-state index in [9.17, 15) is 13.9 Å². The normalized spacial score (nSPS) is 10.7. The number of fused-ring (bicyclic) bond motifs is 1. The molecule has 5 aromatic rings. The fraction of sp³-hybridized carbons (Fsp3) is 0.241. The van der Waals surface area contributed by atoms with E-state index in [-0.39, 0.29) is 36.9 Å². The minimum atomic E-state index is -0.722. The third-order valence-corrected chi connectivity index (χ3v) is 5.65. The number of ether oxygens (including phenoxy) is 2. The fourth-order valence-corrected chi connectivity index (χ4v) is 3.95. The standard InChI is InChI=1S/C27H24F2N6O3.C2H6/c1-2-37-18-13-21(28)20(22(29)14-18)16-35-23-6-4-3-5-19(23)25(34-35)27-31-15-24(38-12-11-36)26(33-27)32-17-7-9-30-10-8-17;1-2/h3-10,13-15,36H,2,11-12,16H2,1H3,(H,30,31,32,33);1-2H3. The van der Waals surface area contributed by atoms with E-state index in [0.29, 0.717) is 34.8 Å². The first-order valence-corrected chi connectivity index (χ1v) is 12.9. The topological polar surface area (TPSA) is 107 Å². The van der Waals surface area contributed by atoms with Gasteiger partial charge in [-0.1, -0.05) is 32.0 Å². The van der Waals surface area contributed by atoms with Crippen molar-refractivity contribution in [3.8, 4) is 23.0 Å². The zero-order valence-electron chi connectivity index (χ0n) is 22.4. The maximum Gasteiger partial charge on any atom is 0.183 e. The molecule has 208 valence electrons. The Hall–Kier alpha value is -4.64. The van der Waals surface area contributed by atoms with Crippen LogP contribution in [0.4, 0.5) is 20.3 Å². The number of nitrogens with one attached hydrogen (secondary N) is 1. The van der Waals surface area contributed by atoms with Crippen molar-refractivity contribution in [2.45, 2.75) is 27.3 Å². The lowest BCUT2D eigenvalue weighted by Gasteiger charge is -2.12. The largest absolute Gasteiger partial charge is 0.494 e. The number of hydrogen-bond donors (Lipinski definition) is 2. The maximum absolute atomic E-state index is 14.8. The average molecular weight is 549 g/mol. The molecule has 40 heavy (non-hydrogen) atoms. The first kappa shape index (κ1) is 28.4. The quantitative estimate of drug-likeness (QED) is 0.227. The number of nitrogens with zero attached hydrogens (tertiary/aromatic N) is 5. The van der Waals surface area contributed by atoms with Gasteiger partial charge in [0.1, 0.15) is 29.7 Å². The molecule has 0 atom stereocenters. The summed E-state index contributed by atoms with van der Waals surface area (Å²) in [7, 11) is 0. The number of aromatic nitrogens is 5. The fourth-order valence-electron chi connectivity index (χ4n) is 3.95. The molecule has 0 unspecified atom stereocenters. The second-order valence-corrected chi connectivity index (χ2v) is 8.16. The number of aliphatic hydroxyl groups excluding tert-OH is 1. The Balaban J connectivity index is 0.00000181. The van der Waals surface area contributed by atoms with E-state index >= 15 is 0 Å². The van der Waals surface area contributed by atoms with Crippen molar-refractivity contribution >= 4 is 22.4 Å². The highest BCUT2D eigenvalue weighted by Crippen LogP contribution is 2.32. The first-order chi connectivity index (χ1) is 19.6. The van der Waals surface area contributed by atoms with Crippen molar-refractivity contribution in [1.82, 2.24) is 24.7 Å². The summed E-state index contributed by atoms with van der Waals surface area (Å²) in [6, 6.07) is 13.2. The molecule has 3 heterocycles. The van der Waals surface area contributed by atoms with Crippen LogP contribution in [0.3, 0.4) is 0 Å². The molecule has 0 fully saturated rings. The molecule has 0 radical (unpaired) electrons. The Morgan fingerprint density at radius 2 is 1.73 bits per heavy atom. The van der Waals surface area contributed by atoms with E-state index in [2.05, 4.69) is 25.4 Å². The summed E-state index contributed by atoms with van der Waals surface area (Å²) < 4.78 is 42.0. The van der Waals surface area contributed by atoms with Crippen LogP contribution in [0, 0.1) is 11.6 Å². The van der Waals surface area contributed by atoms with Crippen LogP contribution >= 0.6 is 0 Å². The van der Waals surface area contributed by atoms with E-state index in [1.807, 2.05) is 38.1 Å². The number of para-hydroxylation sites is 1. The Bertz CT molecular complexity index is 1540. The molecule has 0 aliphatic carbocycles. The summed E-state index contributed by atoms with van der Waals surface area (Å²) in [4.78, 5) is 13.1. The molecular formula is C29H30F2N6O3. The highest BCUT2D eigenvalue weighted by Gasteiger charge is 2.20. The van der Waals surface area contributed by atoms with E-state index in [4.69, 9.17) is 9.47 Å². The summed E-state index contributed by atoms with van der Waals surface area (Å²) in [5.41, 5.74) is 1.67. The summed E-state index contributed by atoms with van der Waals surface area (Å²) in [6.07, 6.45) is 4.75. The van der Waals surface area contributed by atoms with Gasteiger partial charge in [0.2, 0.25) is 0 Å². The van der Waals surface area contributed by atoms with Crippen LogP contribution in [0.2, 0.25) is 0 Å². The monoisotopic (exact) mass is 548 g/mol. The van der Waals surface area contributed by atoms with Gasteiger partial charge in [0.05, 0.1) is 31.5 Å². The summed E-state index contributed by atoms with van der Waals surface area (Å²) in [5, 5.41) is 17.7. The van der Waals surface area contributed by atoms with Gasteiger partial charge in [-0.25, -0.2) is 18.7 Å². The molecule has 0 bridgehead atoms. The third kappa shape index (κ3) is 6.32. The van der Waals surface area contributed by atoms with Gasteiger partial charge in [0.25, 0.3) is 0 Å². The lowest BCUT2D eigenvalue weighted by Crippen LogP contribution is -2.08. The Labute approximate surface area is 230 Å². The molecule has 5 rings (SSSR count). The van der Waals surface area contributed by atoms with E-state index in [1.54, 1.807) is 31.5 Å². The van der Waals surface area contributed by atoms with Crippen molar-refractivity contribution in [3.63, 3.8) is 0 Å². The second kappa shape index (κ2) is 13.4. The van der Waals surface area contributed by atoms with Gasteiger partial charge in [0, 0.05) is 41.2 Å². The molecule has 0 spiro atoms. The number of rotatable bonds is 10. The molecule has 3 aromatic heterocycles. The van der Waals surface area contributed by atoms with Crippen LogP contribution in [-0.2, 0) is 6.54 Å². The van der Waals surface area contributed by atoms with Crippen molar-refractivity contribution < 1.29 is 23.4 Å². The first-order valence-electron chi connectivity index (χ1n) is 12.9. The molecule has 0 saturated heterocycles. The van der Waals surface area contributed by atoms with Crippen LogP contribution in [0.1, 0.15) is 26.3 Å². The van der Waals surface area contributed by atoms with E-state index in [0.717, 1.165) is 5.69 Å². The number of hydrogen-bond acceptors (Lipinski definition) is 8. The van der Waals surface area contributed by atoms with Crippen molar-refractivity contribution in [1.29, 1.82) is 0 Å². The zero-order chi connectivity index (χ0) is 28.5. The molecule has 0 aliphatic heterocycles. The predicted molar refractivity (Wildman–Crippen MR) is 149 cm³/mol. The highest BCUT2D eigenvalue weighted by molar-refractivity contribution is 5.92. The second-order valence-electron chi connectivity index (χ2n) is 8.16. The Morgan fingerprint density at radius 1 is 1.00 bits per heavy atom. The van der Waals surface area contributed by atoms with Crippen LogP contribution in [0.15, 0.2) is 67.1 Å².